The lowest BCUT2D eigenvalue weighted by molar-refractivity contribution is 0.0765. The number of aromatic nitrogens is 2. The minimum atomic E-state index is -0.518. The molecule has 0 saturated heterocycles. The van der Waals surface area contributed by atoms with Gasteiger partial charge in [0.25, 0.3) is 11.5 Å². The summed E-state index contributed by atoms with van der Waals surface area (Å²) < 4.78 is 18.4. The van der Waals surface area contributed by atoms with Crippen molar-refractivity contribution in [3.63, 3.8) is 0 Å². The largest absolute Gasteiger partial charge is 0.492 e. The Balaban J connectivity index is 1.98. The fraction of sp³-hybridized carbons (Fsp3) is 0.312. The van der Waals surface area contributed by atoms with Gasteiger partial charge in [0, 0.05) is 18.8 Å². The number of carbonyl (C=O) groups is 1. The van der Waals surface area contributed by atoms with Crippen LogP contribution in [-0.4, -0.2) is 41.0 Å². The Bertz CT molecular complexity index is 773. The lowest BCUT2D eigenvalue weighted by Gasteiger charge is -2.17. The second kappa shape index (κ2) is 7.04. The Labute approximate surface area is 132 Å². The van der Waals surface area contributed by atoms with Gasteiger partial charge in [-0.15, -0.1) is 0 Å². The summed E-state index contributed by atoms with van der Waals surface area (Å²) in [6.45, 7) is 3.85. The van der Waals surface area contributed by atoms with E-state index in [2.05, 4.69) is 9.97 Å². The first-order valence-electron chi connectivity index (χ1n) is 7.10. The van der Waals surface area contributed by atoms with Gasteiger partial charge in [-0.25, -0.2) is 9.37 Å². The van der Waals surface area contributed by atoms with Gasteiger partial charge in [-0.3, -0.25) is 9.59 Å². The molecule has 0 fully saturated rings. The molecule has 0 saturated carbocycles. The molecule has 0 aliphatic heterocycles. The maximum absolute atomic E-state index is 13.0. The molecule has 1 N–H and O–H groups in total. The molecular formula is C16H18FN3O3. The van der Waals surface area contributed by atoms with E-state index in [0.29, 0.717) is 17.1 Å². The quantitative estimate of drug-likeness (QED) is 0.910. The van der Waals surface area contributed by atoms with Crippen molar-refractivity contribution < 1.29 is 13.9 Å². The molecular weight excluding hydrogens is 301 g/mol. The van der Waals surface area contributed by atoms with Crippen LogP contribution < -0.4 is 10.3 Å². The Kier molecular flexibility index (Phi) is 5.10. The number of nitrogens with zero attached hydrogens (tertiary/aromatic N) is 2. The lowest BCUT2D eigenvalue weighted by Crippen LogP contribution is -2.36. The van der Waals surface area contributed by atoms with Crippen molar-refractivity contribution in [2.75, 3.05) is 20.2 Å². The molecule has 1 aromatic carbocycles. The number of likely N-dealkylation sites (N-methyl/N-ethyl adjacent to an activating group) is 1. The second-order valence-electron chi connectivity index (χ2n) is 5.16. The Morgan fingerprint density at radius 1 is 1.39 bits per heavy atom. The third-order valence-electron chi connectivity index (χ3n) is 3.38. The standard InChI is InChI=1S/C16H18FN3O3/c1-10-11(2)19-15(21)14(18-10)16(22)20(3)7-8-23-13-6-4-5-12(17)9-13/h4-6,9H,7-8H2,1-3H3,(H,19,21). The van der Waals surface area contributed by atoms with Gasteiger partial charge in [-0.2, -0.15) is 0 Å². The van der Waals surface area contributed by atoms with Crippen LogP contribution in [0.3, 0.4) is 0 Å². The SMILES string of the molecule is Cc1nc(C(=O)N(C)CCOc2cccc(F)c2)c(=O)[nH]c1C. The van der Waals surface area contributed by atoms with Gasteiger partial charge in [0.15, 0.2) is 5.69 Å². The van der Waals surface area contributed by atoms with Crippen LogP contribution >= 0.6 is 0 Å². The van der Waals surface area contributed by atoms with Crippen LogP contribution in [-0.2, 0) is 0 Å². The predicted octanol–water partition coefficient (Wildman–Crippen LogP) is 1.68. The minimum absolute atomic E-state index is 0.152. The van der Waals surface area contributed by atoms with Crippen LogP contribution in [0.5, 0.6) is 5.75 Å². The number of H-pyrrole nitrogens is 1. The summed E-state index contributed by atoms with van der Waals surface area (Å²) >= 11 is 0. The zero-order valence-corrected chi connectivity index (χ0v) is 13.2. The molecule has 0 bridgehead atoms. The van der Waals surface area contributed by atoms with Crippen LogP contribution in [0.25, 0.3) is 0 Å². The number of carbonyl (C=O) groups excluding carboxylic acids is 1. The molecule has 1 heterocycles. The summed E-state index contributed by atoms with van der Waals surface area (Å²) in [6, 6.07) is 5.75. The van der Waals surface area contributed by atoms with E-state index in [1.807, 2.05) is 0 Å². The fourth-order valence-corrected chi connectivity index (χ4v) is 1.91. The van der Waals surface area contributed by atoms with Gasteiger partial charge in [-0.1, -0.05) is 6.07 Å². The monoisotopic (exact) mass is 319 g/mol. The summed E-state index contributed by atoms with van der Waals surface area (Å²) in [5.41, 5.74) is 0.554. The van der Waals surface area contributed by atoms with E-state index in [0.717, 1.165) is 0 Å². The highest BCUT2D eigenvalue weighted by molar-refractivity contribution is 5.91. The number of nitrogens with one attached hydrogen (secondary N) is 1. The van der Waals surface area contributed by atoms with Crippen molar-refractivity contribution in [3.8, 4) is 5.75 Å². The van der Waals surface area contributed by atoms with Crippen molar-refractivity contribution in [2.45, 2.75) is 13.8 Å². The molecule has 2 aromatic rings. The topological polar surface area (TPSA) is 75.3 Å². The first-order chi connectivity index (χ1) is 10.9. The number of hydrogen-bond acceptors (Lipinski definition) is 4. The van der Waals surface area contributed by atoms with Gasteiger partial charge in [0.05, 0.1) is 12.2 Å². The van der Waals surface area contributed by atoms with Crippen molar-refractivity contribution in [1.29, 1.82) is 0 Å². The van der Waals surface area contributed by atoms with E-state index in [1.54, 1.807) is 27.0 Å². The molecule has 0 spiro atoms. The highest BCUT2D eigenvalue weighted by Crippen LogP contribution is 2.11. The van der Waals surface area contributed by atoms with E-state index in [-0.39, 0.29) is 18.8 Å². The maximum Gasteiger partial charge on any atom is 0.279 e. The Morgan fingerprint density at radius 3 is 2.83 bits per heavy atom. The number of ether oxygens (including phenoxy) is 1. The summed E-state index contributed by atoms with van der Waals surface area (Å²) in [5.74, 6) is -0.497. The molecule has 0 unspecified atom stereocenters. The number of halogens is 1. The normalized spacial score (nSPS) is 10.4. The number of rotatable bonds is 5. The molecule has 122 valence electrons. The van der Waals surface area contributed by atoms with Crippen molar-refractivity contribution >= 4 is 5.91 Å². The van der Waals surface area contributed by atoms with E-state index in [4.69, 9.17) is 4.74 Å². The summed E-state index contributed by atoms with van der Waals surface area (Å²) in [7, 11) is 1.55. The Morgan fingerprint density at radius 2 is 2.13 bits per heavy atom. The van der Waals surface area contributed by atoms with Crippen molar-refractivity contribution in [3.05, 3.63) is 57.5 Å². The minimum Gasteiger partial charge on any atom is -0.492 e. The molecule has 0 aliphatic carbocycles. The second-order valence-corrected chi connectivity index (χ2v) is 5.16. The molecule has 0 aliphatic rings. The van der Waals surface area contributed by atoms with Gasteiger partial charge in [-0.05, 0) is 26.0 Å². The van der Waals surface area contributed by atoms with Crippen LogP contribution in [0.2, 0.25) is 0 Å². The smallest absolute Gasteiger partial charge is 0.279 e. The summed E-state index contributed by atoms with van der Waals surface area (Å²) in [4.78, 5) is 32.1. The summed E-state index contributed by atoms with van der Waals surface area (Å²) in [6.07, 6.45) is 0. The van der Waals surface area contributed by atoms with E-state index in [9.17, 15) is 14.0 Å². The third kappa shape index (κ3) is 4.15. The summed E-state index contributed by atoms with van der Waals surface area (Å²) in [5, 5.41) is 0. The molecule has 1 amide bonds. The van der Waals surface area contributed by atoms with Gasteiger partial charge in [0.1, 0.15) is 18.2 Å². The third-order valence-corrected chi connectivity index (χ3v) is 3.38. The first-order valence-corrected chi connectivity index (χ1v) is 7.10. The molecule has 0 radical (unpaired) electrons. The Hall–Kier alpha value is -2.70. The van der Waals surface area contributed by atoms with Crippen LogP contribution in [0.1, 0.15) is 21.9 Å². The van der Waals surface area contributed by atoms with Gasteiger partial charge < -0.3 is 14.6 Å². The van der Waals surface area contributed by atoms with Crippen LogP contribution in [0, 0.1) is 19.7 Å². The number of aromatic amines is 1. The zero-order chi connectivity index (χ0) is 17.0. The average molecular weight is 319 g/mol. The molecule has 23 heavy (non-hydrogen) atoms. The maximum atomic E-state index is 13.0. The highest BCUT2D eigenvalue weighted by Gasteiger charge is 2.18. The predicted molar refractivity (Wildman–Crippen MR) is 83.2 cm³/mol. The van der Waals surface area contributed by atoms with Crippen molar-refractivity contribution in [2.24, 2.45) is 0 Å². The lowest BCUT2D eigenvalue weighted by atomic mass is 10.3. The van der Waals surface area contributed by atoms with Crippen molar-refractivity contribution in [1.82, 2.24) is 14.9 Å². The molecule has 7 heteroatoms. The zero-order valence-electron chi connectivity index (χ0n) is 13.2. The van der Waals surface area contributed by atoms with E-state index < -0.39 is 17.3 Å². The number of amides is 1. The number of benzene rings is 1. The van der Waals surface area contributed by atoms with E-state index in [1.165, 1.54) is 23.1 Å². The van der Waals surface area contributed by atoms with Crippen LogP contribution in [0.4, 0.5) is 4.39 Å². The highest BCUT2D eigenvalue weighted by atomic mass is 19.1. The fourth-order valence-electron chi connectivity index (χ4n) is 1.91. The number of hydrogen-bond donors (Lipinski definition) is 1. The molecule has 6 nitrogen and oxygen atoms in total. The molecule has 2 rings (SSSR count). The van der Waals surface area contributed by atoms with Gasteiger partial charge in [0.2, 0.25) is 0 Å². The van der Waals surface area contributed by atoms with Gasteiger partial charge >= 0.3 is 0 Å². The number of aryl methyl sites for hydroxylation is 2. The first kappa shape index (κ1) is 16.7. The average Bonchev–Trinajstić information content (AvgIpc) is 2.50. The van der Waals surface area contributed by atoms with E-state index >= 15 is 0 Å². The molecule has 1 aromatic heterocycles. The van der Waals surface area contributed by atoms with Crippen LogP contribution in [0.15, 0.2) is 29.1 Å². The molecule has 0 atom stereocenters.